The normalized spacial score (nSPS) is 27.5. The monoisotopic (exact) mass is 359 g/mol. The molecule has 26 heavy (non-hydrogen) atoms. The van der Waals surface area contributed by atoms with Gasteiger partial charge in [-0.3, -0.25) is 9.69 Å². The molecule has 0 saturated carbocycles. The zero-order chi connectivity index (χ0) is 18.4. The first-order valence-electron chi connectivity index (χ1n) is 9.12. The third kappa shape index (κ3) is 2.82. The van der Waals surface area contributed by atoms with Crippen LogP contribution in [0.3, 0.4) is 0 Å². The number of halogens is 2. The molecule has 3 aliphatic heterocycles. The molecule has 2 atom stereocenters. The van der Waals surface area contributed by atoms with Gasteiger partial charge in [0, 0.05) is 30.8 Å². The van der Waals surface area contributed by atoms with Crippen LogP contribution in [0.5, 0.6) is 0 Å². The number of nitrogens with zero attached hydrogens (tertiary/aromatic N) is 2. The molecule has 4 nitrogen and oxygen atoms in total. The number of piperidine rings is 3. The number of hydrogen-bond donors (Lipinski definition) is 1. The van der Waals surface area contributed by atoms with E-state index in [-0.39, 0.29) is 17.5 Å². The summed E-state index contributed by atoms with van der Waals surface area (Å²) in [5.74, 6) is -0.876. The topological polar surface area (TPSA) is 37.3 Å². The second kappa shape index (κ2) is 6.50. The Labute approximate surface area is 151 Å². The quantitative estimate of drug-likeness (QED) is 0.914. The number of carbonyl (C=O) groups is 1. The summed E-state index contributed by atoms with van der Waals surface area (Å²) in [7, 11) is 1.73. The smallest absolute Gasteiger partial charge is 0.268 e. The van der Waals surface area contributed by atoms with Crippen LogP contribution in [-0.4, -0.2) is 40.5 Å². The number of rotatable bonds is 3. The minimum atomic E-state index is -0.635. The van der Waals surface area contributed by atoms with Gasteiger partial charge in [0.15, 0.2) is 0 Å². The van der Waals surface area contributed by atoms with Crippen molar-refractivity contribution in [3.05, 3.63) is 47.7 Å². The van der Waals surface area contributed by atoms with Crippen LogP contribution in [0.4, 0.5) is 8.78 Å². The Morgan fingerprint density at radius 3 is 2.54 bits per heavy atom. The average molecular weight is 359 g/mol. The molecule has 0 unspecified atom stereocenters. The maximum Gasteiger partial charge on any atom is 0.268 e. The van der Waals surface area contributed by atoms with Crippen molar-refractivity contribution < 1.29 is 13.6 Å². The number of aromatic nitrogens is 1. The first kappa shape index (κ1) is 17.2. The van der Waals surface area contributed by atoms with E-state index in [1.54, 1.807) is 23.7 Å². The fraction of sp³-hybridized carbons (Fsp3) is 0.450. The fourth-order valence-corrected chi connectivity index (χ4v) is 4.48. The standard InChI is InChI=1S/C20H23F2N3O/c1-12-19(13-7-9-25(12)10-8-13)23-20(26)18-6-5-17(24(18)2)15-4-3-14(21)11-16(15)22/h3-6,11-13,19H,7-10H2,1-2H3,(H,23,26)/t12-,19-/m0/s1. The molecule has 3 saturated heterocycles. The van der Waals surface area contributed by atoms with Crippen LogP contribution >= 0.6 is 0 Å². The van der Waals surface area contributed by atoms with Gasteiger partial charge in [-0.1, -0.05) is 0 Å². The second-order valence-corrected chi connectivity index (χ2v) is 7.40. The molecule has 0 spiro atoms. The molecule has 1 aromatic heterocycles. The lowest BCUT2D eigenvalue weighted by Gasteiger charge is -2.49. The Balaban J connectivity index is 1.57. The number of amides is 1. The van der Waals surface area contributed by atoms with E-state index in [1.165, 1.54) is 12.1 Å². The van der Waals surface area contributed by atoms with Crippen molar-refractivity contribution in [3.63, 3.8) is 0 Å². The van der Waals surface area contributed by atoms with E-state index in [0.717, 1.165) is 32.0 Å². The molecule has 1 amide bonds. The van der Waals surface area contributed by atoms with Crippen molar-refractivity contribution in [2.45, 2.75) is 31.8 Å². The van der Waals surface area contributed by atoms with Crippen LogP contribution in [0.2, 0.25) is 0 Å². The van der Waals surface area contributed by atoms with E-state index < -0.39 is 11.6 Å². The van der Waals surface area contributed by atoms with Gasteiger partial charge in [-0.05, 0) is 63.0 Å². The Hall–Kier alpha value is -2.21. The Morgan fingerprint density at radius 2 is 1.88 bits per heavy atom. The number of nitrogens with one attached hydrogen (secondary N) is 1. The van der Waals surface area contributed by atoms with Gasteiger partial charge in [0.2, 0.25) is 0 Å². The molecular formula is C20H23F2N3O. The minimum absolute atomic E-state index is 0.144. The predicted octanol–water partition coefficient (Wildman–Crippen LogP) is 3.18. The van der Waals surface area contributed by atoms with Crippen LogP contribution in [-0.2, 0) is 7.05 Å². The van der Waals surface area contributed by atoms with E-state index in [0.29, 0.717) is 23.3 Å². The molecule has 6 heteroatoms. The van der Waals surface area contributed by atoms with Gasteiger partial charge in [0.05, 0.1) is 5.69 Å². The lowest BCUT2D eigenvalue weighted by Crippen LogP contribution is -2.62. The first-order valence-corrected chi connectivity index (χ1v) is 9.12. The van der Waals surface area contributed by atoms with Crippen LogP contribution in [0.1, 0.15) is 30.3 Å². The van der Waals surface area contributed by atoms with Gasteiger partial charge in [-0.15, -0.1) is 0 Å². The minimum Gasteiger partial charge on any atom is -0.346 e. The van der Waals surface area contributed by atoms with Crippen molar-refractivity contribution in [1.82, 2.24) is 14.8 Å². The van der Waals surface area contributed by atoms with Gasteiger partial charge < -0.3 is 9.88 Å². The highest BCUT2D eigenvalue weighted by Crippen LogP contribution is 2.32. The van der Waals surface area contributed by atoms with Crippen LogP contribution in [0.15, 0.2) is 30.3 Å². The van der Waals surface area contributed by atoms with Gasteiger partial charge in [-0.25, -0.2) is 8.78 Å². The van der Waals surface area contributed by atoms with E-state index >= 15 is 0 Å². The number of carbonyl (C=O) groups excluding carboxylic acids is 1. The number of fused-ring (bicyclic) bond motifs is 3. The second-order valence-electron chi connectivity index (χ2n) is 7.40. The Bertz CT molecular complexity index is 838. The third-order valence-electron chi connectivity index (χ3n) is 6.04. The van der Waals surface area contributed by atoms with Crippen LogP contribution < -0.4 is 5.32 Å². The van der Waals surface area contributed by atoms with E-state index in [1.807, 2.05) is 0 Å². The lowest BCUT2D eigenvalue weighted by molar-refractivity contribution is 0.0215. The molecule has 4 heterocycles. The first-order chi connectivity index (χ1) is 12.5. The molecule has 2 aromatic rings. The fourth-order valence-electron chi connectivity index (χ4n) is 4.48. The third-order valence-corrected chi connectivity index (χ3v) is 6.04. The van der Waals surface area contributed by atoms with Crippen molar-refractivity contribution in [2.75, 3.05) is 13.1 Å². The van der Waals surface area contributed by atoms with Gasteiger partial charge >= 0.3 is 0 Å². The van der Waals surface area contributed by atoms with Gasteiger partial charge in [0.1, 0.15) is 17.3 Å². The molecule has 3 fully saturated rings. The average Bonchev–Trinajstić information content (AvgIpc) is 3.00. The molecular weight excluding hydrogens is 336 g/mol. The van der Waals surface area contributed by atoms with E-state index in [9.17, 15) is 13.6 Å². The SMILES string of the molecule is C[C@H]1[C@H](NC(=O)c2ccc(-c3ccc(F)cc3F)n2C)C2CCN1CC2. The van der Waals surface area contributed by atoms with E-state index in [2.05, 4.69) is 17.1 Å². The molecule has 1 aromatic carbocycles. The predicted molar refractivity (Wildman–Crippen MR) is 95.8 cm³/mol. The summed E-state index contributed by atoms with van der Waals surface area (Å²) in [5.41, 5.74) is 1.31. The summed E-state index contributed by atoms with van der Waals surface area (Å²) in [4.78, 5) is 15.3. The Morgan fingerprint density at radius 1 is 1.15 bits per heavy atom. The molecule has 0 aliphatic carbocycles. The summed E-state index contributed by atoms with van der Waals surface area (Å²) in [6.45, 7) is 4.38. The summed E-state index contributed by atoms with van der Waals surface area (Å²) >= 11 is 0. The van der Waals surface area contributed by atoms with Gasteiger partial charge in [0.25, 0.3) is 5.91 Å². The Kier molecular flexibility index (Phi) is 4.31. The number of hydrogen-bond acceptors (Lipinski definition) is 2. The van der Waals surface area contributed by atoms with Crippen LogP contribution in [0, 0.1) is 17.6 Å². The largest absolute Gasteiger partial charge is 0.346 e. The van der Waals surface area contributed by atoms with Crippen molar-refractivity contribution >= 4 is 5.91 Å². The molecule has 1 N–H and O–H groups in total. The summed E-state index contributed by atoms with van der Waals surface area (Å²) < 4.78 is 28.9. The maximum absolute atomic E-state index is 14.1. The highest BCUT2D eigenvalue weighted by atomic mass is 19.1. The van der Waals surface area contributed by atoms with Crippen LogP contribution in [0.25, 0.3) is 11.3 Å². The zero-order valence-corrected chi connectivity index (χ0v) is 15.0. The van der Waals surface area contributed by atoms with Crippen molar-refractivity contribution in [3.8, 4) is 11.3 Å². The summed E-state index contributed by atoms with van der Waals surface area (Å²) in [6.07, 6.45) is 2.24. The molecule has 0 radical (unpaired) electrons. The molecule has 2 bridgehead atoms. The highest BCUT2D eigenvalue weighted by Gasteiger charge is 2.40. The summed E-state index contributed by atoms with van der Waals surface area (Å²) in [6, 6.07) is 7.35. The zero-order valence-electron chi connectivity index (χ0n) is 15.0. The number of benzene rings is 1. The van der Waals surface area contributed by atoms with Gasteiger partial charge in [-0.2, -0.15) is 0 Å². The highest BCUT2D eigenvalue weighted by molar-refractivity contribution is 5.94. The lowest BCUT2D eigenvalue weighted by atomic mass is 9.79. The molecule has 138 valence electrons. The molecule has 3 aliphatic rings. The van der Waals surface area contributed by atoms with Crippen molar-refractivity contribution in [1.29, 1.82) is 0 Å². The van der Waals surface area contributed by atoms with E-state index in [4.69, 9.17) is 0 Å². The molecule has 5 rings (SSSR count). The van der Waals surface area contributed by atoms with Crippen molar-refractivity contribution in [2.24, 2.45) is 13.0 Å². The maximum atomic E-state index is 14.1. The summed E-state index contributed by atoms with van der Waals surface area (Å²) in [5, 5.41) is 3.19.